The zero-order valence-electron chi connectivity index (χ0n) is 7.93. The number of halogens is 2. The number of rotatable bonds is 2. The summed E-state index contributed by atoms with van der Waals surface area (Å²) < 4.78 is 26.4. The molecule has 1 atom stereocenters. The van der Waals surface area contributed by atoms with Crippen molar-refractivity contribution < 1.29 is 13.9 Å². The van der Waals surface area contributed by atoms with Crippen molar-refractivity contribution in [3.63, 3.8) is 0 Å². The van der Waals surface area contributed by atoms with E-state index >= 15 is 0 Å². The summed E-state index contributed by atoms with van der Waals surface area (Å²) in [6.07, 6.45) is 0.367. The Kier molecular flexibility index (Phi) is 1.81. The van der Waals surface area contributed by atoms with E-state index in [0.29, 0.717) is 12.0 Å². The van der Waals surface area contributed by atoms with Gasteiger partial charge in [0, 0.05) is 6.42 Å². The first kappa shape index (κ1) is 9.44. The van der Waals surface area contributed by atoms with Crippen molar-refractivity contribution in [3.8, 4) is 5.75 Å². The number of phenolic OH excluding ortho intramolecular Hbond substituents is 1. The van der Waals surface area contributed by atoms with Crippen LogP contribution in [0.25, 0.3) is 0 Å². The van der Waals surface area contributed by atoms with E-state index in [1.165, 1.54) is 12.1 Å². The van der Waals surface area contributed by atoms with Crippen LogP contribution in [0.4, 0.5) is 8.78 Å². The third-order valence-corrected chi connectivity index (χ3v) is 3.12. The summed E-state index contributed by atoms with van der Waals surface area (Å²) in [5, 5.41) is 9.06. The molecule has 1 fully saturated rings. The van der Waals surface area contributed by atoms with Crippen molar-refractivity contribution in [2.75, 3.05) is 0 Å². The second kappa shape index (κ2) is 2.69. The fourth-order valence-electron chi connectivity index (χ4n) is 2.02. The second-order valence-corrected chi connectivity index (χ2v) is 3.86. The van der Waals surface area contributed by atoms with E-state index in [-0.39, 0.29) is 12.2 Å². The van der Waals surface area contributed by atoms with Crippen LogP contribution in [0, 0.1) is 0 Å². The van der Waals surface area contributed by atoms with Crippen LogP contribution in [0.5, 0.6) is 5.75 Å². The van der Waals surface area contributed by atoms with Crippen molar-refractivity contribution in [2.45, 2.75) is 31.1 Å². The van der Waals surface area contributed by atoms with E-state index in [2.05, 4.69) is 0 Å². The maximum Gasteiger partial charge on any atom is 0.258 e. The minimum atomic E-state index is -2.57. The predicted molar refractivity (Wildman–Crippen MR) is 49.6 cm³/mol. The molecule has 1 aromatic carbocycles. The van der Waals surface area contributed by atoms with Gasteiger partial charge in [0.25, 0.3) is 5.92 Å². The van der Waals surface area contributed by atoms with Crippen molar-refractivity contribution in [3.05, 3.63) is 29.8 Å². The molecule has 1 unspecified atom stereocenters. The molecule has 1 nitrogen and oxygen atoms in total. The van der Waals surface area contributed by atoms with Crippen LogP contribution < -0.4 is 0 Å². The van der Waals surface area contributed by atoms with E-state index in [0.717, 1.165) is 0 Å². The SMILES string of the molecule is CCC1(c2ccc(O)cc2)CC1(F)F. The van der Waals surface area contributed by atoms with Gasteiger partial charge in [-0.1, -0.05) is 19.1 Å². The molecule has 0 aliphatic heterocycles. The largest absolute Gasteiger partial charge is 0.508 e. The molecule has 1 aromatic rings. The lowest BCUT2D eigenvalue weighted by molar-refractivity contribution is 0.0865. The van der Waals surface area contributed by atoms with Gasteiger partial charge in [0.1, 0.15) is 5.75 Å². The van der Waals surface area contributed by atoms with Gasteiger partial charge >= 0.3 is 0 Å². The Morgan fingerprint density at radius 2 is 1.79 bits per heavy atom. The molecule has 0 amide bonds. The highest BCUT2D eigenvalue weighted by atomic mass is 19.3. The molecule has 76 valence electrons. The van der Waals surface area contributed by atoms with Crippen LogP contribution in [0.2, 0.25) is 0 Å². The summed E-state index contributed by atoms with van der Waals surface area (Å²) in [4.78, 5) is 0. The Morgan fingerprint density at radius 1 is 1.29 bits per heavy atom. The monoisotopic (exact) mass is 198 g/mol. The molecule has 0 heterocycles. The molecular formula is C11H12F2O. The Morgan fingerprint density at radius 3 is 2.14 bits per heavy atom. The van der Waals surface area contributed by atoms with E-state index in [1.54, 1.807) is 19.1 Å². The Labute approximate surface area is 81.4 Å². The van der Waals surface area contributed by atoms with Crippen molar-refractivity contribution in [1.82, 2.24) is 0 Å². The number of benzene rings is 1. The first-order chi connectivity index (χ1) is 6.52. The molecule has 0 aromatic heterocycles. The number of hydrogen-bond acceptors (Lipinski definition) is 1. The van der Waals surface area contributed by atoms with Gasteiger partial charge in [0.2, 0.25) is 0 Å². The van der Waals surface area contributed by atoms with Gasteiger partial charge < -0.3 is 5.11 Å². The molecule has 0 radical (unpaired) electrons. The molecule has 1 N–H and O–H groups in total. The van der Waals surface area contributed by atoms with Crippen LogP contribution in [0.15, 0.2) is 24.3 Å². The highest BCUT2D eigenvalue weighted by molar-refractivity contribution is 5.40. The van der Waals surface area contributed by atoms with Crippen LogP contribution in [0.3, 0.4) is 0 Å². The fourth-order valence-corrected chi connectivity index (χ4v) is 2.02. The van der Waals surface area contributed by atoms with Gasteiger partial charge in [0.05, 0.1) is 5.41 Å². The van der Waals surface area contributed by atoms with Crippen molar-refractivity contribution in [1.29, 1.82) is 0 Å². The van der Waals surface area contributed by atoms with E-state index in [1.807, 2.05) is 0 Å². The molecule has 3 heteroatoms. The van der Waals surface area contributed by atoms with Crippen molar-refractivity contribution in [2.24, 2.45) is 0 Å². The highest BCUT2D eigenvalue weighted by Crippen LogP contribution is 2.63. The average Bonchev–Trinajstić information content (AvgIpc) is 2.71. The average molecular weight is 198 g/mol. The summed E-state index contributed by atoms with van der Waals surface area (Å²) in [5.74, 6) is -2.46. The third kappa shape index (κ3) is 1.11. The van der Waals surface area contributed by atoms with E-state index < -0.39 is 11.3 Å². The zero-order valence-corrected chi connectivity index (χ0v) is 7.93. The summed E-state index contributed by atoms with van der Waals surface area (Å²) in [5.41, 5.74) is -0.344. The number of aromatic hydroxyl groups is 1. The van der Waals surface area contributed by atoms with Gasteiger partial charge in [-0.05, 0) is 24.1 Å². The quantitative estimate of drug-likeness (QED) is 0.774. The van der Waals surface area contributed by atoms with E-state index in [9.17, 15) is 8.78 Å². The predicted octanol–water partition coefficient (Wildman–Crippen LogP) is 3.08. The molecule has 2 rings (SSSR count). The molecule has 1 aliphatic rings. The molecule has 0 saturated heterocycles. The smallest absolute Gasteiger partial charge is 0.258 e. The number of phenols is 1. The first-order valence-electron chi connectivity index (χ1n) is 4.69. The molecule has 1 saturated carbocycles. The van der Waals surface area contributed by atoms with Crippen LogP contribution in [-0.4, -0.2) is 11.0 Å². The lowest BCUT2D eigenvalue weighted by Crippen LogP contribution is -2.14. The van der Waals surface area contributed by atoms with Crippen LogP contribution >= 0.6 is 0 Å². The third-order valence-electron chi connectivity index (χ3n) is 3.12. The first-order valence-corrected chi connectivity index (χ1v) is 4.69. The fraction of sp³-hybridized carbons (Fsp3) is 0.455. The lowest BCUT2D eigenvalue weighted by atomic mass is 9.92. The molecule has 0 bridgehead atoms. The van der Waals surface area contributed by atoms with Gasteiger partial charge in [0.15, 0.2) is 0 Å². The second-order valence-electron chi connectivity index (χ2n) is 3.86. The maximum atomic E-state index is 13.2. The van der Waals surface area contributed by atoms with Crippen LogP contribution in [-0.2, 0) is 5.41 Å². The maximum absolute atomic E-state index is 13.2. The van der Waals surface area contributed by atoms with Gasteiger partial charge in [-0.2, -0.15) is 0 Å². The number of alkyl halides is 2. The topological polar surface area (TPSA) is 20.2 Å². The Bertz CT molecular complexity index is 345. The Balaban J connectivity index is 2.36. The molecule has 1 aliphatic carbocycles. The van der Waals surface area contributed by atoms with Gasteiger partial charge in [-0.3, -0.25) is 0 Å². The summed E-state index contributed by atoms with van der Waals surface area (Å²) in [6, 6.07) is 6.09. The summed E-state index contributed by atoms with van der Waals surface area (Å²) in [7, 11) is 0. The minimum Gasteiger partial charge on any atom is -0.508 e. The van der Waals surface area contributed by atoms with Crippen molar-refractivity contribution >= 4 is 0 Å². The van der Waals surface area contributed by atoms with E-state index in [4.69, 9.17) is 5.11 Å². The van der Waals surface area contributed by atoms with Gasteiger partial charge in [-0.15, -0.1) is 0 Å². The number of hydrogen-bond donors (Lipinski definition) is 1. The summed E-state index contributed by atoms with van der Waals surface area (Å²) in [6.45, 7) is 1.77. The lowest BCUT2D eigenvalue weighted by Gasteiger charge is -2.14. The highest BCUT2D eigenvalue weighted by Gasteiger charge is 2.70. The summed E-state index contributed by atoms with van der Waals surface area (Å²) >= 11 is 0. The molecule has 14 heavy (non-hydrogen) atoms. The molecular weight excluding hydrogens is 186 g/mol. The minimum absolute atomic E-state index is 0.0682. The van der Waals surface area contributed by atoms with Gasteiger partial charge in [-0.25, -0.2) is 8.78 Å². The normalized spacial score (nSPS) is 28.8. The molecule has 0 spiro atoms. The zero-order chi connectivity index (χ0) is 10.4. The standard InChI is InChI=1S/C11H12F2O/c1-2-10(7-11(10,12)13)8-3-5-9(14)6-4-8/h3-6,14H,2,7H2,1H3. The Hall–Kier alpha value is -1.12. The van der Waals surface area contributed by atoms with Crippen LogP contribution in [0.1, 0.15) is 25.3 Å².